The highest BCUT2D eigenvalue weighted by atomic mass is 16.5. The summed E-state index contributed by atoms with van der Waals surface area (Å²) in [5, 5.41) is 7.60. The molecule has 0 atom stereocenters. The molecule has 0 amide bonds. The van der Waals surface area contributed by atoms with Gasteiger partial charge in [-0.05, 0) is 44.2 Å². The summed E-state index contributed by atoms with van der Waals surface area (Å²) in [7, 11) is 0. The van der Waals surface area contributed by atoms with Gasteiger partial charge in [-0.1, -0.05) is 6.92 Å². The molecular formula is C14H20N4O. The summed E-state index contributed by atoms with van der Waals surface area (Å²) in [6.07, 6.45) is 2.69. The van der Waals surface area contributed by atoms with E-state index in [0.717, 1.165) is 36.8 Å². The minimum absolute atomic E-state index is 0.675. The van der Waals surface area contributed by atoms with Crippen LogP contribution >= 0.6 is 0 Å². The zero-order chi connectivity index (χ0) is 13.5. The summed E-state index contributed by atoms with van der Waals surface area (Å²) in [5.41, 5.74) is 0.995. The largest absolute Gasteiger partial charge is 0.494 e. The normalized spacial score (nSPS) is 10.6. The Kier molecular flexibility index (Phi) is 4.92. The summed E-state index contributed by atoms with van der Waals surface area (Å²) in [6.45, 7) is 6.50. The van der Waals surface area contributed by atoms with Crippen LogP contribution in [0.2, 0.25) is 0 Å². The molecular weight excluding hydrogens is 240 g/mol. The Labute approximate surface area is 113 Å². The van der Waals surface area contributed by atoms with Gasteiger partial charge in [-0.2, -0.15) is 5.10 Å². The van der Waals surface area contributed by atoms with Crippen LogP contribution in [0, 0.1) is 0 Å². The topological polar surface area (TPSA) is 52.0 Å². The van der Waals surface area contributed by atoms with E-state index in [-0.39, 0.29) is 0 Å². The highest BCUT2D eigenvalue weighted by molar-refractivity contribution is 5.37. The maximum absolute atomic E-state index is 5.43. The molecule has 0 fully saturated rings. The average molecular weight is 260 g/mol. The van der Waals surface area contributed by atoms with Crippen molar-refractivity contribution < 1.29 is 4.74 Å². The zero-order valence-electron chi connectivity index (χ0n) is 11.5. The monoisotopic (exact) mass is 260 g/mol. The van der Waals surface area contributed by atoms with Crippen molar-refractivity contribution in [1.29, 1.82) is 0 Å². The molecule has 0 aliphatic carbocycles. The van der Waals surface area contributed by atoms with Crippen LogP contribution in [0.25, 0.3) is 5.69 Å². The summed E-state index contributed by atoms with van der Waals surface area (Å²) in [4.78, 5) is 4.28. The first-order chi connectivity index (χ1) is 9.35. The zero-order valence-corrected chi connectivity index (χ0v) is 11.5. The van der Waals surface area contributed by atoms with Crippen molar-refractivity contribution in [2.24, 2.45) is 0 Å². The molecule has 0 spiro atoms. The number of hydrogen-bond donors (Lipinski definition) is 1. The molecule has 0 saturated heterocycles. The van der Waals surface area contributed by atoms with E-state index < -0.39 is 0 Å². The molecule has 19 heavy (non-hydrogen) atoms. The lowest BCUT2D eigenvalue weighted by molar-refractivity contribution is 0.340. The van der Waals surface area contributed by atoms with Crippen LogP contribution in [-0.2, 0) is 6.54 Å². The molecule has 1 aromatic carbocycles. The molecule has 0 bridgehead atoms. The maximum Gasteiger partial charge on any atom is 0.146 e. The van der Waals surface area contributed by atoms with E-state index in [0.29, 0.717) is 6.61 Å². The summed E-state index contributed by atoms with van der Waals surface area (Å²) < 4.78 is 7.28. The lowest BCUT2D eigenvalue weighted by Crippen LogP contribution is -2.17. The van der Waals surface area contributed by atoms with Crippen molar-refractivity contribution in [3.05, 3.63) is 36.4 Å². The molecule has 0 saturated carbocycles. The molecule has 0 radical (unpaired) electrons. The Morgan fingerprint density at radius 2 is 2.00 bits per heavy atom. The Hall–Kier alpha value is -1.88. The third kappa shape index (κ3) is 3.54. The lowest BCUT2D eigenvalue weighted by atomic mass is 10.3. The van der Waals surface area contributed by atoms with Crippen molar-refractivity contribution in [1.82, 2.24) is 20.1 Å². The molecule has 2 aromatic rings. The minimum Gasteiger partial charge on any atom is -0.494 e. The van der Waals surface area contributed by atoms with Gasteiger partial charge in [-0.25, -0.2) is 9.67 Å². The van der Waals surface area contributed by atoms with Crippen molar-refractivity contribution in [2.75, 3.05) is 13.2 Å². The van der Waals surface area contributed by atoms with Crippen LogP contribution in [0.1, 0.15) is 26.1 Å². The van der Waals surface area contributed by atoms with Gasteiger partial charge in [0.1, 0.15) is 17.9 Å². The fourth-order valence-corrected chi connectivity index (χ4v) is 1.83. The van der Waals surface area contributed by atoms with Gasteiger partial charge >= 0.3 is 0 Å². The Bertz CT molecular complexity index is 492. The van der Waals surface area contributed by atoms with Crippen molar-refractivity contribution in [3.8, 4) is 11.4 Å². The van der Waals surface area contributed by atoms with Crippen molar-refractivity contribution >= 4 is 0 Å². The molecule has 5 heteroatoms. The van der Waals surface area contributed by atoms with Gasteiger partial charge in [-0.3, -0.25) is 0 Å². The van der Waals surface area contributed by atoms with Gasteiger partial charge in [0.05, 0.1) is 18.8 Å². The molecule has 1 N–H and O–H groups in total. The third-order valence-corrected chi connectivity index (χ3v) is 2.72. The van der Waals surface area contributed by atoms with Gasteiger partial charge in [0, 0.05) is 0 Å². The van der Waals surface area contributed by atoms with E-state index in [1.807, 2.05) is 35.9 Å². The number of ether oxygens (including phenoxy) is 1. The van der Waals surface area contributed by atoms with Gasteiger partial charge in [-0.15, -0.1) is 0 Å². The van der Waals surface area contributed by atoms with Gasteiger partial charge in [0.15, 0.2) is 0 Å². The number of rotatable bonds is 7. The Morgan fingerprint density at radius 3 is 2.68 bits per heavy atom. The summed E-state index contributed by atoms with van der Waals surface area (Å²) in [6, 6.07) is 7.87. The molecule has 1 heterocycles. The first-order valence-corrected chi connectivity index (χ1v) is 6.68. The number of aromatic nitrogens is 3. The first-order valence-electron chi connectivity index (χ1n) is 6.68. The Morgan fingerprint density at radius 1 is 1.21 bits per heavy atom. The second-order valence-corrected chi connectivity index (χ2v) is 4.19. The lowest BCUT2D eigenvalue weighted by Gasteiger charge is -2.08. The van der Waals surface area contributed by atoms with Gasteiger partial charge in [0.2, 0.25) is 0 Å². The van der Waals surface area contributed by atoms with E-state index in [1.54, 1.807) is 6.33 Å². The van der Waals surface area contributed by atoms with Crippen molar-refractivity contribution in [2.45, 2.75) is 26.8 Å². The molecule has 0 aliphatic heterocycles. The number of nitrogens with zero attached hydrogens (tertiary/aromatic N) is 3. The van der Waals surface area contributed by atoms with Crippen LogP contribution in [0.5, 0.6) is 5.75 Å². The predicted octanol–water partition coefficient (Wildman–Crippen LogP) is 2.17. The first kappa shape index (κ1) is 13.5. The second-order valence-electron chi connectivity index (χ2n) is 4.19. The van der Waals surface area contributed by atoms with Crippen LogP contribution in [-0.4, -0.2) is 27.9 Å². The molecule has 0 aliphatic rings. The Balaban J connectivity index is 2.10. The predicted molar refractivity (Wildman–Crippen MR) is 74.5 cm³/mol. The van der Waals surface area contributed by atoms with Crippen molar-refractivity contribution in [3.63, 3.8) is 0 Å². The van der Waals surface area contributed by atoms with E-state index >= 15 is 0 Å². The molecule has 2 rings (SSSR count). The minimum atomic E-state index is 0.675. The summed E-state index contributed by atoms with van der Waals surface area (Å²) in [5.74, 6) is 1.79. The molecule has 0 unspecified atom stereocenters. The quantitative estimate of drug-likeness (QED) is 0.775. The van der Waals surface area contributed by atoms with E-state index in [9.17, 15) is 0 Å². The second kappa shape index (κ2) is 6.89. The third-order valence-electron chi connectivity index (χ3n) is 2.72. The van der Waals surface area contributed by atoms with E-state index in [1.165, 1.54) is 0 Å². The van der Waals surface area contributed by atoms with Gasteiger partial charge in [0.25, 0.3) is 0 Å². The number of hydrogen-bond acceptors (Lipinski definition) is 4. The van der Waals surface area contributed by atoms with Crippen LogP contribution in [0.15, 0.2) is 30.6 Å². The molecule has 5 nitrogen and oxygen atoms in total. The van der Waals surface area contributed by atoms with Gasteiger partial charge < -0.3 is 10.1 Å². The van der Waals surface area contributed by atoms with Crippen LogP contribution < -0.4 is 10.1 Å². The number of benzene rings is 1. The van der Waals surface area contributed by atoms with Crippen LogP contribution in [0.4, 0.5) is 0 Å². The SMILES string of the molecule is CCCNCc1ncnn1-c1ccc(OCC)cc1. The van der Waals surface area contributed by atoms with E-state index in [2.05, 4.69) is 22.3 Å². The highest BCUT2D eigenvalue weighted by Gasteiger charge is 2.06. The fraction of sp³-hybridized carbons (Fsp3) is 0.429. The van der Waals surface area contributed by atoms with Crippen LogP contribution in [0.3, 0.4) is 0 Å². The highest BCUT2D eigenvalue weighted by Crippen LogP contribution is 2.15. The number of nitrogens with one attached hydrogen (secondary N) is 1. The smallest absolute Gasteiger partial charge is 0.146 e. The summed E-state index contributed by atoms with van der Waals surface area (Å²) >= 11 is 0. The standard InChI is InChI=1S/C14H20N4O/c1-3-9-15-10-14-16-11-17-18(14)12-5-7-13(8-6-12)19-4-2/h5-8,11,15H,3-4,9-10H2,1-2H3. The molecule has 1 aromatic heterocycles. The maximum atomic E-state index is 5.43. The molecule has 102 valence electrons. The average Bonchev–Trinajstić information content (AvgIpc) is 2.89. The fourth-order valence-electron chi connectivity index (χ4n) is 1.83. The van der Waals surface area contributed by atoms with E-state index in [4.69, 9.17) is 4.74 Å².